The van der Waals surface area contributed by atoms with E-state index in [1.807, 2.05) is 62.4 Å². The lowest BCUT2D eigenvalue weighted by Crippen LogP contribution is -2.13. The lowest BCUT2D eigenvalue weighted by atomic mass is 10.1. The molecule has 0 aromatic heterocycles. The number of para-hydroxylation sites is 1. The average molecular weight is 332 g/mol. The zero-order valence-electron chi connectivity index (χ0n) is 14.2. The van der Waals surface area contributed by atoms with Crippen molar-refractivity contribution in [3.8, 4) is 11.5 Å². The highest BCUT2D eigenvalue weighted by Crippen LogP contribution is 2.28. The van der Waals surface area contributed by atoms with Gasteiger partial charge in [-0.15, -0.1) is 0 Å². The Labute approximate surface area is 147 Å². The molecule has 3 aromatic carbocycles. The van der Waals surface area contributed by atoms with E-state index in [1.165, 1.54) is 0 Å². The summed E-state index contributed by atoms with van der Waals surface area (Å²) in [5, 5.41) is 2.93. The molecule has 0 saturated heterocycles. The summed E-state index contributed by atoms with van der Waals surface area (Å²) in [4.78, 5) is 12.5. The van der Waals surface area contributed by atoms with Crippen molar-refractivity contribution in [2.45, 2.75) is 13.8 Å². The number of amides is 1. The molecule has 0 atom stereocenters. The summed E-state index contributed by atoms with van der Waals surface area (Å²) >= 11 is 0. The van der Waals surface area contributed by atoms with Crippen LogP contribution < -0.4 is 15.8 Å². The van der Waals surface area contributed by atoms with Gasteiger partial charge in [-0.1, -0.05) is 30.3 Å². The number of carbonyl (C=O) groups excluding carboxylic acids is 1. The van der Waals surface area contributed by atoms with Crippen molar-refractivity contribution in [2.75, 3.05) is 11.1 Å². The summed E-state index contributed by atoms with van der Waals surface area (Å²) in [7, 11) is 0. The summed E-state index contributed by atoms with van der Waals surface area (Å²) in [5.41, 5.74) is 9.85. The SMILES string of the molecule is Cc1ccc(C)c(NC(=O)c2ccc(Oc3ccccc3)c(N)c2)c1. The van der Waals surface area contributed by atoms with Crippen LogP contribution >= 0.6 is 0 Å². The van der Waals surface area contributed by atoms with Gasteiger partial charge in [-0.3, -0.25) is 4.79 Å². The molecule has 0 saturated carbocycles. The third-order valence-corrected chi connectivity index (χ3v) is 3.88. The van der Waals surface area contributed by atoms with Crippen LogP contribution in [0.5, 0.6) is 11.5 Å². The number of hydrogen-bond acceptors (Lipinski definition) is 3. The number of benzene rings is 3. The number of nitrogen functional groups attached to an aromatic ring is 1. The minimum absolute atomic E-state index is 0.202. The molecule has 126 valence electrons. The maximum absolute atomic E-state index is 12.5. The first-order chi connectivity index (χ1) is 12.0. The van der Waals surface area contributed by atoms with E-state index in [9.17, 15) is 4.79 Å². The molecule has 4 heteroatoms. The van der Waals surface area contributed by atoms with Crippen LogP contribution in [0, 0.1) is 13.8 Å². The highest BCUT2D eigenvalue weighted by molar-refractivity contribution is 6.05. The Morgan fingerprint density at radius 1 is 0.960 bits per heavy atom. The lowest BCUT2D eigenvalue weighted by Gasteiger charge is -2.12. The van der Waals surface area contributed by atoms with Crippen LogP contribution in [-0.4, -0.2) is 5.91 Å². The highest BCUT2D eigenvalue weighted by Gasteiger charge is 2.11. The predicted octanol–water partition coefficient (Wildman–Crippen LogP) is 4.93. The first-order valence-electron chi connectivity index (χ1n) is 8.04. The number of anilines is 2. The van der Waals surface area contributed by atoms with E-state index in [0.29, 0.717) is 22.7 Å². The summed E-state index contributed by atoms with van der Waals surface area (Å²) in [6.45, 7) is 3.95. The van der Waals surface area contributed by atoms with Gasteiger partial charge in [0.25, 0.3) is 5.91 Å². The molecule has 3 rings (SSSR count). The Hall–Kier alpha value is -3.27. The molecule has 0 bridgehead atoms. The second-order valence-electron chi connectivity index (χ2n) is 5.94. The van der Waals surface area contributed by atoms with Crippen LogP contribution in [0.4, 0.5) is 11.4 Å². The van der Waals surface area contributed by atoms with Crippen molar-refractivity contribution in [1.82, 2.24) is 0 Å². The summed E-state index contributed by atoms with van der Waals surface area (Å²) < 4.78 is 5.74. The van der Waals surface area contributed by atoms with Crippen LogP contribution in [-0.2, 0) is 0 Å². The maximum Gasteiger partial charge on any atom is 0.255 e. The Balaban J connectivity index is 1.78. The van der Waals surface area contributed by atoms with E-state index in [-0.39, 0.29) is 5.91 Å². The number of aryl methyl sites for hydroxylation is 2. The summed E-state index contributed by atoms with van der Waals surface area (Å²) in [5.74, 6) is 1.02. The van der Waals surface area contributed by atoms with Crippen molar-refractivity contribution in [2.24, 2.45) is 0 Å². The fraction of sp³-hybridized carbons (Fsp3) is 0.0952. The van der Waals surface area contributed by atoms with Gasteiger partial charge in [-0.2, -0.15) is 0 Å². The van der Waals surface area contributed by atoms with E-state index in [2.05, 4.69) is 5.32 Å². The Morgan fingerprint density at radius 3 is 2.44 bits per heavy atom. The van der Waals surface area contributed by atoms with Gasteiger partial charge in [0.2, 0.25) is 0 Å². The van der Waals surface area contributed by atoms with Gasteiger partial charge >= 0.3 is 0 Å². The molecule has 0 heterocycles. The zero-order chi connectivity index (χ0) is 17.8. The van der Waals surface area contributed by atoms with E-state index < -0.39 is 0 Å². The number of nitrogens with two attached hydrogens (primary N) is 1. The van der Waals surface area contributed by atoms with Crippen molar-refractivity contribution < 1.29 is 9.53 Å². The second kappa shape index (κ2) is 7.09. The molecule has 0 unspecified atom stereocenters. The number of hydrogen-bond donors (Lipinski definition) is 2. The van der Waals surface area contributed by atoms with Crippen LogP contribution in [0.15, 0.2) is 66.7 Å². The molecule has 25 heavy (non-hydrogen) atoms. The molecule has 0 radical (unpaired) electrons. The highest BCUT2D eigenvalue weighted by atomic mass is 16.5. The minimum Gasteiger partial charge on any atom is -0.455 e. The minimum atomic E-state index is -0.202. The average Bonchev–Trinajstić information content (AvgIpc) is 2.61. The van der Waals surface area contributed by atoms with Crippen LogP contribution in [0.1, 0.15) is 21.5 Å². The van der Waals surface area contributed by atoms with E-state index >= 15 is 0 Å². The van der Waals surface area contributed by atoms with Crippen molar-refractivity contribution in [1.29, 1.82) is 0 Å². The van der Waals surface area contributed by atoms with Gasteiger partial charge in [-0.25, -0.2) is 0 Å². The molecule has 1 amide bonds. The quantitative estimate of drug-likeness (QED) is 0.666. The van der Waals surface area contributed by atoms with Gasteiger partial charge < -0.3 is 15.8 Å². The van der Waals surface area contributed by atoms with Gasteiger partial charge in [0.05, 0.1) is 5.69 Å². The Bertz CT molecular complexity index is 905. The zero-order valence-corrected chi connectivity index (χ0v) is 14.2. The van der Waals surface area contributed by atoms with Gasteiger partial charge in [0, 0.05) is 11.3 Å². The molecule has 0 aliphatic rings. The second-order valence-corrected chi connectivity index (χ2v) is 5.94. The number of carbonyl (C=O) groups is 1. The molecule has 0 aliphatic carbocycles. The number of nitrogens with one attached hydrogen (secondary N) is 1. The molecular formula is C21H20N2O2. The Morgan fingerprint density at radius 2 is 1.72 bits per heavy atom. The Kier molecular flexibility index (Phi) is 4.70. The number of rotatable bonds is 4. The molecule has 3 N–H and O–H groups in total. The number of ether oxygens (including phenoxy) is 1. The molecular weight excluding hydrogens is 312 g/mol. The third-order valence-electron chi connectivity index (χ3n) is 3.88. The van der Waals surface area contributed by atoms with Crippen LogP contribution in [0.3, 0.4) is 0 Å². The first-order valence-corrected chi connectivity index (χ1v) is 8.04. The topological polar surface area (TPSA) is 64.3 Å². The fourth-order valence-corrected chi connectivity index (χ4v) is 2.46. The molecule has 3 aromatic rings. The summed E-state index contributed by atoms with van der Waals surface area (Å²) in [6.07, 6.45) is 0. The lowest BCUT2D eigenvalue weighted by molar-refractivity contribution is 0.102. The molecule has 0 spiro atoms. The fourth-order valence-electron chi connectivity index (χ4n) is 2.46. The van der Waals surface area contributed by atoms with Crippen LogP contribution in [0.25, 0.3) is 0 Å². The van der Waals surface area contributed by atoms with Crippen molar-refractivity contribution in [3.63, 3.8) is 0 Å². The standard InChI is InChI=1S/C21H20N2O2/c1-14-8-9-15(2)19(12-14)23-21(24)16-10-11-20(18(22)13-16)25-17-6-4-3-5-7-17/h3-13H,22H2,1-2H3,(H,23,24). The molecule has 4 nitrogen and oxygen atoms in total. The molecule has 0 fully saturated rings. The first kappa shape index (κ1) is 16.6. The van der Waals surface area contributed by atoms with Gasteiger partial charge in [-0.05, 0) is 61.4 Å². The van der Waals surface area contributed by atoms with E-state index in [4.69, 9.17) is 10.5 Å². The maximum atomic E-state index is 12.5. The monoisotopic (exact) mass is 332 g/mol. The van der Waals surface area contributed by atoms with Crippen LogP contribution in [0.2, 0.25) is 0 Å². The smallest absolute Gasteiger partial charge is 0.255 e. The summed E-state index contributed by atoms with van der Waals surface area (Å²) in [6, 6.07) is 20.4. The van der Waals surface area contributed by atoms with E-state index in [1.54, 1.807) is 18.2 Å². The van der Waals surface area contributed by atoms with Crippen molar-refractivity contribution >= 4 is 17.3 Å². The van der Waals surface area contributed by atoms with E-state index in [0.717, 1.165) is 16.8 Å². The van der Waals surface area contributed by atoms with Gasteiger partial charge in [0.15, 0.2) is 0 Å². The predicted molar refractivity (Wildman–Crippen MR) is 101 cm³/mol. The molecule has 0 aliphatic heterocycles. The van der Waals surface area contributed by atoms with Gasteiger partial charge in [0.1, 0.15) is 11.5 Å². The normalized spacial score (nSPS) is 10.3. The van der Waals surface area contributed by atoms with Crippen molar-refractivity contribution in [3.05, 3.63) is 83.4 Å². The largest absolute Gasteiger partial charge is 0.455 e. The third kappa shape index (κ3) is 3.98.